The van der Waals surface area contributed by atoms with Gasteiger partial charge < -0.3 is 10.1 Å². The predicted octanol–water partition coefficient (Wildman–Crippen LogP) is 3.16. The van der Waals surface area contributed by atoms with E-state index >= 15 is 0 Å². The Hall–Kier alpha value is -1.09. The second-order valence-corrected chi connectivity index (χ2v) is 6.69. The highest BCUT2D eigenvalue weighted by Gasteiger charge is 2.41. The maximum absolute atomic E-state index is 13.2. The molecule has 1 unspecified atom stereocenters. The van der Waals surface area contributed by atoms with Gasteiger partial charge in [-0.25, -0.2) is 4.39 Å². The Bertz CT molecular complexity index is 484. The van der Waals surface area contributed by atoms with Gasteiger partial charge in [-0.15, -0.1) is 0 Å². The highest BCUT2D eigenvalue weighted by Crippen LogP contribution is 2.48. The van der Waals surface area contributed by atoms with Gasteiger partial charge in [-0.2, -0.15) is 0 Å². The molecule has 1 atom stereocenters. The van der Waals surface area contributed by atoms with Gasteiger partial charge in [0.05, 0.1) is 0 Å². The average molecular weight is 275 g/mol. The van der Waals surface area contributed by atoms with Crippen LogP contribution in [0, 0.1) is 23.6 Å². The van der Waals surface area contributed by atoms with Crippen molar-refractivity contribution in [3.05, 3.63) is 29.6 Å². The predicted molar refractivity (Wildman–Crippen MR) is 76.3 cm³/mol. The molecule has 1 aromatic carbocycles. The normalized spacial score (nSPS) is 24.8. The Balaban J connectivity index is 1.27. The van der Waals surface area contributed by atoms with Crippen LogP contribution in [0.2, 0.25) is 0 Å². The second-order valence-electron chi connectivity index (χ2n) is 6.69. The molecule has 3 aliphatic rings. The standard InChI is InChI=1S/C17H22FNO/c18-14-5-6-17-13(7-14)8-15(20-17)9-19-10-16(11-1-2-11)12-3-4-12/h5-7,11-12,15-16,19H,1-4,8-10H2. The number of hydrogen-bond acceptors (Lipinski definition) is 2. The van der Waals surface area contributed by atoms with Crippen LogP contribution in [0.1, 0.15) is 31.2 Å². The molecule has 1 N–H and O–H groups in total. The fraction of sp³-hybridized carbons (Fsp3) is 0.647. The first kappa shape index (κ1) is 12.6. The van der Waals surface area contributed by atoms with Gasteiger partial charge in [-0.05, 0) is 68.2 Å². The van der Waals surface area contributed by atoms with E-state index in [-0.39, 0.29) is 11.9 Å². The minimum atomic E-state index is -0.163. The highest BCUT2D eigenvalue weighted by atomic mass is 19.1. The van der Waals surface area contributed by atoms with Gasteiger partial charge in [-0.3, -0.25) is 0 Å². The summed E-state index contributed by atoms with van der Waals surface area (Å²) in [6.07, 6.45) is 6.76. The van der Waals surface area contributed by atoms with E-state index in [9.17, 15) is 4.39 Å². The molecule has 1 heterocycles. The van der Waals surface area contributed by atoms with E-state index in [1.165, 1.54) is 31.7 Å². The molecule has 0 radical (unpaired) electrons. The van der Waals surface area contributed by atoms with E-state index in [2.05, 4.69) is 5.32 Å². The van der Waals surface area contributed by atoms with Crippen LogP contribution in [0.5, 0.6) is 5.75 Å². The van der Waals surface area contributed by atoms with E-state index in [0.29, 0.717) is 0 Å². The number of rotatable bonds is 6. The van der Waals surface area contributed by atoms with Crippen LogP contribution in [0.3, 0.4) is 0 Å². The molecule has 0 amide bonds. The van der Waals surface area contributed by atoms with Gasteiger partial charge in [0.15, 0.2) is 0 Å². The lowest BCUT2D eigenvalue weighted by Crippen LogP contribution is -2.34. The molecular formula is C17H22FNO. The van der Waals surface area contributed by atoms with Crippen LogP contribution < -0.4 is 10.1 Å². The van der Waals surface area contributed by atoms with Gasteiger partial charge in [0, 0.05) is 18.5 Å². The van der Waals surface area contributed by atoms with Gasteiger partial charge in [0.1, 0.15) is 17.7 Å². The van der Waals surface area contributed by atoms with E-state index in [1.54, 1.807) is 12.1 Å². The first-order valence-corrected chi connectivity index (χ1v) is 7.95. The summed E-state index contributed by atoms with van der Waals surface area (Å²) >= 11 is 0. The largest absolute Gasteiger partial charge is 0.488 e. The van der Waals surface area contributed by atoms with Crippen molar-refractivity contribution in [3.63, 3.8) is 0 Å². The SMILES string of the molecule is Fc1ccc2c(c1)CC(CNCC(C1CC1)C1CC1)O2. The quantitative estimate of drug-likeness (QED) is 0.861. The molecule has 2 fully saturated rings. The van der Waals surface area contributed by atoms with E-state index in [1.807, 2.05) is 0 Å². The van der Waals surface area contributed by atoms with Crippen LogP contribution in [0.25, 0.3) is 0 Å². The van der Waals surface area contributed by atoms with Gasteiger partial charge in [0.25, 0.3) is 0 Å². The molecule has 1 aromatic rings. The fourth-order valence-corrected chi connectivity index (χ4v) is 3.58. The Morgan fingerprint density at radius 3 is 2.65 bits per heavy atom. The van der Waals surface area contributed by atoms with Crippen molar-refractivity contribution in [1.29, 1.82) is 0 Å². The van der Waals surface area contributed by atoms with Crippen LogP contribution in [0.15, 0.2) is 18.2 Å². The first-order valence-electron chi connectivity index (χ1n) is 7.95. The molecule has 0 bridgehead atoms. The van der Waals surface area contributed by atoms with Gasteiger partial charge >= 0.3 is 0 Å². The average Bonchev–Trinajstić information content (AvgIpc) is 3.32. The summed E-state index contributed by atoms with van der Waals surface area (Å²) in [4.78, 5) is 0. The van der Waals surface area contributed by atoms with Crippen molar-refractivity contribution >= 4 is 0 Å². The molecule has 2 aliphatic carbocycles. The van der Waals surface area contributed by atoms with Crippen molar-refractivity contribution in [3.8, 4) is 5.75 Å². The molecule has 2 saturated carbocycles. The number of hydrogen-bond donors (Lipinski definition) is 1. The van der Waals surface area contributed by atoms with Crippen LogP contribution >= 0.6 is 0 Å². The molecule has 0 aromatic heterocycles. The molecule has 0 spiro atoms. The minimum Gasteiger partial charge on any atom is -0.488 e. The molecule has 4 rings (SSSR count). The lowest BCUT2D eigenvalue weighted by molar-refractivity contribution is 0.221. The third-order valence-electron chi connectivity index (χ3n) is 4.97. The molecule has 3 heteroatoms. The molecule has 20 heavy (non-hydrogen) atoms. The summed E-state index contributed by atoms with van der Waals surface area (Å²) in [7, 11) is 0. The zero-order valence-electron chi connectivity index (χ0n) is 11.8. The summed E-state index contributed by atoms with van der Waals surface area (Å²) in [6.45, 7) is 2.02. The Kier molecular flexibility index (Phi) is 3.18. The molecular weight excluding hydrogens is 253 g/mol. The fourth-order valence-electron chi connectivity index (χ4n) is 3.58. The van der Waals surface area contributed by atoms with Crippen LogP contribution in [-0.4, -0.2) is 19.2 Å². The van der Waals surface area contributed by atoms with E-state index in [0.717, 1.165) is 48.6 Å². The summed E-state index contributed by atoms with van der Waals surface area (Å²) < 4.78 is 19.0. The smallest absolute Gasteiger partial charge is 0.123 e. The number of ether oxygens (including phenoxy) is 1. The van der Waals surface area contributed by atoms with E-state index in [4.69, 9.17) is 4.74 Å². The lowest BCUT2D eigenvalue weighted by Gasteiger charge is -2.18. The zero-order valence-corrected chi connectivity index (χ0v) is 11.8. The van der Waals surface area contributed by atoms with Crippen molar-refractivity contribution in [2.24, 2.45) is 17.8 Å². The summed E-state index contributed by atoms with van der Waals surface area (Å²) in [6, 6.07) is 4.83. The van der Waals surface area contributed by atoms with Crippen molar-refractivity contribution in [2.45, 2.75) is 38.2 Å². The lowest BCUT2D eigenvalue weighted by atomic mass is 9.98. The Morgan fingerprint density at radius 1 is 1.20 bits per heavy atom. The second kappa shape index (κ2) is 5.03. The molecule has 2 nitrogen and oxygen atoms in total. The zero-order chi connectivity index (χ0) is 13.5. The Morgan fingerprint density at radius 2 is 1.95 bits per heavy atom. The number of fused-ring (bicyclic) bond motifs is 1. The van der Waals surface area contributed by atoms with Crippen molar-refractivity contribution in [2.75, 3.05) is 13.1 Å². The highest BCUT2D eigenvalue weighted by molar-refractivity contribution is 5.37. The maximum Gasteiger partial charge on any atom is 0.123 e. The van der Waals surface area contributed by atoms with Gasteiger partial charge in [0.2, 0.25) is 0 Å². The number of benzene rings is 1. The first-order chi connectivity index (χ1) is 9.79. The summed E-state index contributed by atoms with van der Waals surface area (Å²) in [5, 5.41) is 3.60. The third-order valence-corrected chi connectivity index (χ3v) is 4.97. The number of halogens is 1. The minimum absolute atomic E-state index is 0.163. The van der Waals surface area contributed by atoms with Gasteiger partial charge in [-0.1, -0.05) is 0 Å². The monoisotopic (exact) mass is 275 g/mol. The topological polar surface area (TPSA) is 21.3 Å². The van der Waals surface area contributed by atoms with Crippen molar-refractivity contribution in [1.82, 2.24) is 5.32 Å². The summed E-state index contributed by atoms with van der Waals surface area (Å²) in [5.74, 6) is 3.58. The molecule has 0 saturated heterocycles. The molecule has 1 aliphatic heterocycles. The Labute approximate surface area is 119 Å². The molecule has 108 valence electrons. The van der Waals surface area contributed by atoms with E-state index < -0.39 is 0 Å². The van der Waals surface area contributed by atoms with Crippen LogP contribution in [-0.2, 0) is 6.42 Å². The number of nitrogens with one attached hydrogen (secondary N) is 1. The summed E-state index contributed by atoms with van der Waals surface area (Å²) in [5.41, 5.74) is 1.01. The third kappa shape index (κ3) is 2.69. The maximum atomic E-state index is 13.2. The van der Waals surface area contributed by atoms with Crippen LogP contribution in [0.4, 0.5) is 4.39 Å². The van der Waals surface area contributed by atoms with Crippen molar-refractivity contribution < 1.29 is 9.13 Å².